The number of hydrogen-bond acceptors (Lipinski definition) is 8. The van der Waals surface area contributed by atoms with E-state index in [-0.39, 0.29) is 41.4 Å². The number of carbonyl (C=O) groups is 2. The van der Waals surface area contributed by atoms with Crippen molar-refractivity contribution in [2.75, 3.05) is 12.4 Å². The number of carbonyl (C=O) groups excluding carboxylic acids is 2. The van der Waals surface area contributed by atoms with Gasteiger partial charge in [-0.15, -0.1) is 0 Å². The first-order valence-electron chi connectivity index (χ1n) is 8.08. The first-order chi connectivity index (χ1) is 13.5. The lowest BCUT2D eigenvalue weighted by Crippen LogP contribution is -2.15. The van der Waals surface area contributed by atoms with E-state index in [9.17, 15) is 9.59 Å². The van der Waals surface area contributed by atoms with E-state index < -0.39 is 5.97 Å². The Hall–Kier alpha value is -3.46. The van der Waals surface area contributed by atoms with E-state index >= 15 is 0 Å². The van der Waals surface area contributed by atoms with Crippen molar-refractivity contribution in [3.63, 3.8) is 0 Å². The average molecular weight is 403 g/mol. The van der Waals surface area contributed by atoms with Crippen molar-refractivity contribution in [2.45, 2.75) is 13.0 Å². The molecule has 0 unspecified atom stereocenters. The number of hydrogen-bond donors (Lipinski definition) is 1. The highest BCUT2D eigenvalue weighted by molar-refractivity contribution is 6.29. The molecule has 0 fully saturated rings. The summed E-state index contributed by atoms with van der Waals surface area (Å²) in [7, 11) is 1.51. The molecule has 0 aliphatic rings. The molecule has 3 rings (SSSR count). The van der Waals surface area contributed by atoms with E-state index in [4.69, 9.17) is 25.6 Å². The Morgan fingerprint density at radius 1 is 1.25 bits per heavy atom. The lowest BCUT2D eigenvalue weighted by Gasteiger charge is -2.08. The van der Waals surface area contributed by atoms with Gasteiger partial charge in [0.2, 0.25) is 5.91 Å². The number of ether oxygens (including phenoxy) is 2. The predicted octanol–water partition coefficient (Wildman–Crippen LogP) is 2.66. The number of amides is 1. The largest absolute Gasteiger partial charge is 0.495 e. The molecule has 0 bridgehead atoms. The molecule has 9 nitrogen and oxygen atoms in total. The Morgan fingerprint density at radius 3 is 2.86 bits per heavy atom. The van der Waals surface area contributed by atoms with Gasteiger partial charge in [0.1, 0.15) is 10.9 Å². The van der Waals surface area contributed by atoms with Crippen molar-refractivity contribution >= 4 is 29.2 Å². The fourth-order valence-corrected chi connectivity index (χ4v) is 2.42. The number of nitrogens with zero attached hydrogens (tertiary/aromatic N) is 3. The molecule has 0 aliphatic carbocycles. The van der Waals surface area contributed by atoms with Gasteiger partial charge in [0.05, 0.1) is 24.8 Å². The molecule has 0 atom stereocenters. The Bertz CT molecular complexity index is 991. The third-order valence-electron chi connectivity index (χ3n) is 3.50. The van der Waals surface area contributed by atoms with Gasteiger partial charge in [-0.05, 0) is 24.3 Å². The second kappa shape index (κ2) is 8.96. The second-order valence-corrected chi connectivity index (χ2v) is 5.86. The highest BCUT2D eigenvalue weighted by atomic mass is 35.5. The van der Waals surface area contributed by atoms with Crippen molar-refractivity contribution in [3.8, 4) is 5.75 Å². The number of halogens is 1. The second-order valence-electron chi connectivity index (χ2n) is 5.47. The fourth-order valence-electron chi connectivity index (χ4n) is 2.25. The van der Waals surface area contributed by atoms with Crippen LogP contribution >= 0.6 is 11.6 Å². The molecular weight excluding hydrogens is 388 g/mol. The first kappa shape index (κ1) is 19.3. The van der Waals surface area contributed by atoms with Crippen LogP contribution in [-0.2, 0) is 22.6 Å². The van der Waals surface area contributed by atoms with Gasteiger partial charge in [0, 0.05) is 6.20 Å². The maximum atomic E-state index is 12.2. The molecule has 0 radical (unpaired) electrons. The SMILES string of the molecule is COc1ccccc1NC(=O)Cc1noc(COC(=O)c2ccnc(Cl)c2)n1. The van der Waals surface area contributed by atoms with Gasteiger partial charge in [-0.3, -0.25) is 4.79 Å². The smallest absolute Gasteiger partial charge is 0.338 e. The van der Waals surface area contributed by atoms with Crippen LogP contribution in [0.25, 0.3) is 0 Å². The summed E-state index contributed by atoms with van der Waals surface area (Å²) in [5.41, 5.74) is 0.777. The van der Waals surface area contributed by atoms with Crippen LogP contribution in [0.3, 0.4) is 0 Å². The van der Waals surface area contributed by atoms with E-state index in [0.29, 0.717) is 11.4 Å². The highest BCUT2D eigenvalue weighted by Gasteiger charge is 2.15. The molecule has 2 heterocycles. The number of rotatable bonds is 7. The molecule has 144 valence electrons. The molecule has 1 amide bonds. The van der Waals surface area contributed by atoms with E-state index in [1.54, 1.807) is 24.3 Å². The minimum atomic E-state index is -0.613. The van der Waals surface area contributed by atoms with Gasteiger partial charge in [0.15, 0.2) is 12.4 Å². The third-order valence-corrected chi connectivity index (χ3v) is 3.71. The fraction of sp³-hybridized carbons (Fsp3) is 0.167. The van der Waals surface area contributed by atoms with E-state index in [1.807, 2.05) is 0 Å². The van der Waals surface area contributed by atoms with E-state index in [2.05, 4.69) is 20.4 Å². The van der Waals surface area contributed by atoms with Crippen LogP contribution in [0.5, 0.6) is 5.75 Å². The van der Waals surface area contributed by atoms with Gasteiger partial charge >= 0.3 is 5.97 Å². The number of para-hydroxylation sites is 2. The Balaban J connectivity index is 1.54. The van der Waals surface area contributed by atoms with Gasteiger partial charge in [0.25, 0.3) is 5.89 Å². The number of aromatic nitrogens is 3. The summed E-state index contributed by atoms with van der Waals surface area (Å²) in [4.78, 5) is 31.9. The number of esters is 1. The third kappa shape index (κ3) is 5.04. The summed E-state index contributed by atoms with van der Waals surface area (Å²) in [6.45, 7) is -0.236. The predicted molar refractivity (Wildman–Crippen MR) is 98.0 cm³/mol. The van der Waals surface area contributed by atoms with Crippen molar-refractivity contribution in [1.82, 2.24) is 15.1 Å². The zero-order valence-corrected chi connectivity index (χ0v) is 15.5. The Morgan fingerprint density at radius 2 is 2.07 bits per heavy atom. The van der Waals surface area contributed by atoms with Crippen molar-refractivity contribution in [1.29, 1.82) is 0 Å². The number of anilines is 1. The zero-order chi connectivity index (χ0) is 19.9. The summed E-state index contributed by atoms with van der Waals surface area (Å²) in [6.07, 6.45) is 1.28. The van der Waals surface area contributed by atoms with Crippen LogP contribution in [0.4, 0.5) is 5.69 Å². The number of methoxy groups -OCH3 is 1. The summed E-state index contributed by atoms with van der Waals surface area (Å²) in [6, 6.07) is 9.85. The highest BCUT2D eigenvalue weighted by Crippen LogP contribution is 2.23. The Labute approximate surface area is 164 Å². The van der Waals surface area contributed by atoms with Crippen molar-refractivity contribution < 1.29 is 23.6 Å². The minimum Gasteiger partial charge on any atom is -0.495 e. The first-order valence-corrected chi connectivity index (χ1v) is 8.46. The Kier molecular flexibility index (Phi) is 6.18. The maximum Gasteiger partial charge on any atom is 0.338 e. The normalized spacial score (nSPS) is 10.4. The maximum absolute atomic E-state index is 12.2. The summed E-state index contributed by atoms with van der Waals surface area (Å²) in [5, 5.41) is 6.59. The molecule has 2 aromatic heterocycles. The van der Waals surface area contributed by atoms with Crippen LogP contribution in [0, 0.1) is 0 Å². The molecule has 0 spiro atoms. The minimum absolute atomic E-state index is 0.0635. The molecule has 1 aromatic carbocycles. The van der Waals surface area contributed by atoms with Gasteiger partial charge < -0.3 is 19.3 Å². The van der Waals surface area contributed by atoms with Gasteiger partial charge in [-0.25, -0.2) is 9.78 Å². The van der Waals surface area contributed by atoms with Crippen molar-refractivity contribution in [2.24, 2.45) is 0 Å². The van der Waals surface area contributed by atoms with Crippen LogP contribution in [0.15, 0.2) is 47.1 Å². The van der Waals surface area contributed by atoms with Crippen LogP contribution < -0.4 is 10.1 Å². The van der Waals surface area contributed by atoms with Crippen molar-refractivity contribution in [3.05, 3.63) is 65.0 Å². The molecule has 0 saturated heterocycles. The standard InChI is InChI=1S/C18H15ClN4O5/c1-26-13-5-3-2-4-12(13)21-16(24)9-15-22-17(28-23-15)10-27-18(25)11-6-7-20-14(19)8-11/h2-8H,9-10H2,1H3,(H,21,24). The molecule has 10 heteroatoms. The average Bonchev–Trinajstić information content (AvgIpc) is 3.13. The lowest BCUT2D eigenvalue weighted by atomic mass is 10.2. The molecule has 0 saturated carbocycles. The van der Waals surface area contributed by atoms with Crippen LogP contribution in [0.1, 0.15) is 22.1 Å². The van der Waals surface area contributed by atoms with Gasteiger partial charge in [-0.2, -0.15) is 4.98 Å². The number of benzene rings is 1. The lowest BCUT2D eigenvalue weighted by molar-refractivity contribution is -0.115. The van der Waals surface area contributed by atoms with E-state index in [0.717, 1.165) is 0 Å². The molecule has 0 aliphatic heterocycles. The topological polar surface area (TPSA) is 116 Å². The summed E-state index contributed by atoms with van der Waals surface area (Å²) >= 11 is 5.73. The molecular formula is C18H15ClN4O5. The summed E-state index contributed by atoms with van der Waals surface area (Å²) in [5.74, 6) is -0.204. The molecule has 28 heavy (non-hydrogen) atoms. The zero-order valence-electron chi connectivity index (χ0n) is 14.7. The monoisotopic (exact) mass is 402 g/mol. The van der Waals surface area contributed by atoms with Gasteiger partial charge in [-0.1, -0.05) is 28.9 Å². The van der Waals surface area contributed by atoms with E-state index in [1.165, 1.54) is 25.4 Å². The van der Waals surface area contributed by atoms with Crippen LogP contribution in [0.2, 0.25) is 5.15 Å². The number of nitrogens with one attached hydrogen (secondary N) is 1. The quantitative estimate of drug-likeness (QED) is 0.473. The number of pyridine rings is 1. The molecule has 3 aromatic rings. The summed E-state index contributed by atoms with van der Waals surface area (Å²) < 4.78 is 15.2. The van der Waals surface area contributed by atoms with Crippen LogP contribution in [-0.4, -0.2) is 34.1 Å². The molecule has 1 N–H and O–H groups in total.